The molecule has 5 rings (SSSR count). The number of likely N-dealkylation sites (tertiary alicyclic amines) is 1. The van der Waals surface area contributed by atoms with Crippen molar-refractivity contribution in [2.24, 2.45) is 11.0 Å². The number of carbonyl (C=O) groups is 1. The van der Waals surface area contributed by atoms with Crippen LogP contribution in [-0.4, -0.2) is 66.4 Å². The second-order valence-electron chi connectivity index (χ2n) is 8.67. The third kappa shape index (κ3) is 3.57. The number of piperidine rings is 1. The van der Waals surface area contributed by atoms with Crippen molar-refractivity contribution in [3.8, 4) is 5.75 Å². The summed E-state index contributed by atoms with van der Waals surface area (Å²) in [7, 11) is 3.98. The Hall–Kier alpha value is -2.93. The van der Waals surface area contributed by atoms with Crippen LogP contribution in [0.1, 0.15) is 30.0 Å². The van der Waals surface area contributed by atoms with Gasteiger partial charge in [-0.2, -0.15) is 5.10 Å². The molecular formula is C24H27FN4O2. The van der Waals surface area contributed by atoms with Crippen LogP contribution < -0.4 is 4.74 Å². The molecule has 3 aliphatic heterocycles. The van der Waals surface area contributed by atoms with Crippen LogP contribution in [0.2, 0.25) is 0 Å². The minimum Gasteiger partial charge on any atom is -0.492 e. The van der Waals surface area contributed by atoms with E-state index in [9.17, 15) is 9.18 Å². The van der Waals surface area contributed by atoms with E-state index < -0.39 is 0 Å². The van der Waals surface area contributed by atoms with Gasteiger partial charge in [0.2, 0.25) is 0 Å². The van der Waals surface area contributed by atoms with Crippen LogP contribution in [0.3, 0.4) is 0 Å². The third-order valence-corrected chi connectivity index (χ3v) is 6.72. The van der Waals surface area contributed by atoms with E-state index in [0.29, 0.717) is 17.9 Å². The lowest BCUT2D eigenvalue weighted by Gasteiger charge is -2.37. The maximum absolute atomic E-state index is 14.0. The topological polar surface area (TPSA) is 48.4 Å². The van der Waals surface area contributed by atoms with Crippen molar-refractivity contribution in [2.45, 2.75) is 24.9 Å². The molecule has 0 aromatic heterocycles. The Labute approximate surface area is 181 Å². The lowest BCUT2D eigenvalue weighted by Crippen LogP contribution is -2.49. The summed E-state index contributed by atoms with van der Waals surface area (Å²) < 4.78 is 20.0. The fourth-order valence-electron chi connectivity index (χ4n) is 4.89. The summed E-state index contributed by atoms with van der Waals surface area (Å²) in [6, 6.07) is 14.2. The highest BCUT2D eigenvalue weighted by Gasteiger charge is 2.46. The van der Waals surface area contributed by atoms with E-state index >= 15 is 0 Å². The van der Waals surface area contributed by atoms with Crippen molar-refractivity contribution in [2.75, 3.05) is 33.8 Å². The first-order chi connectivity index (χ1) is 15.0. The number of hydrogen-bond acceptors (Lipinski definition) is 4. The van der Waals surface area contributed by atoms with E-state index in [1.807, 2.05) is 42.3 Å². The van der Waals surface area contributed by atoms with E-state index in [2.05, 4.69) is 11.9 Å². The van der Waals surface area contributed by atoms with Gasteiger partial charge in [0.1, 0.15) is 11.6 Å². The van der Waals surface area contributed by atoms with E-state index in [4.69, 9.17) is 9.84 Å². The highest BCUT2D eigenvalue weighted by molar-refractivity contribution is 6.07. The highest BCUT2D eigenvalue weighted by Crippen LogP contribution is 2.43. The van der Waals surface area contributed by atoms with Crippen molar-refractivity contribution >= 4 is 11.7 Å². The fraction of sp³-hybridized carbons (Fsp3) is 0.417. The fourth-order valence-corrected chi connectivity index (χ4v) is 4.89. The summed E-state index contributed by atoms with van der Waals surface area (Å²) in [5, 5.41) is 6.38. The van der Waals surface area contributed by atoms with Crippen LogP contribution in [0.5, 0.6) is 5.75 Å². The van der Waals surface area contributed by atoms with Gasteiger partial charge in [-0.1, -0.05) is 30.3 Å². The molecule has 1 fully saturated rings. The molecule has 0 radical (unpaired) electrons. The predicted octanol–water partition coefficient (Wildman–Crippen LogP) is 3.74. The second kappa shape index (κ2) is 7.96. The number of nitrogens with zero attached hydrogens (tertiary/aromatic N) is 4. The van der Waals surface area contributed by atoms with Gasteiger partial charge in [-0.25, -0.2) is 14.2 Å². The zero-order valence-electron chi connectivity index (χ0n) is 17.9. The first-order valence-electron chi connectivity index (χ1n) is 10.8. The van der Waals surface area contributed by atoms with Crippen molar-refractivity contribution in [3.63, 3.8) is 0 Å². The second-order valence-corrected chi connectivity index (χ2v) is 8.67. The average molecular weight is 423 g/mol. The summed E-state index contributed by atoms with van der Waals surface area (Å²) in [6.07, 6.45) is 1.89. The van der Waals surface area contributed by atoms with Crippen LogP contribution in [0, 0.1) is 11.7 Å². The maximum atomic E-state index is 14.0. The first-order valence-corrected chi connectivity index (χ1v) is 10.8. The molecule has 0 saturated carbocycles. The van der Waals surface area contributed by atoms with Crippen LogP contribution in [0.25, 0.3) is 0 Å². The molecular weight excluding hydrogens is 395 g/mol. The Morgan fingerprint density at radius 1 is 1.16 bits per heavy atom. The van der Waals surface area contributed by atoms with E-state index in [1.54, 1.807) is 11.1 Å². The lowest BCUT2D eigenvalue weighted by molar-refractivity contribution is 0.102. The molecule has 6 nitrogen and oxygen atoms in total. The van der Waals surface area contributed by atoms with Gasteiger partial charge in [0, 0.05) is 18.7 Å². The van der Waals surface area contributed by atoms with Gasteiger partial charge in [-0.15, -0.1) is 0 Å². The Balaban J connectivity index is 1.51. The molecule has 2 amide bonds. The van der Waals surface area contributed by atoms with Gasteiger partial charge < -0.3 is 14.5 Å². The molecule has 0 bridgehead atoms. The van der Waals surface area contributed by atoms with Crippen LogP contribution in [0.4, 0.5) is 9.18 Å². The van der Waals surface area contributed by atoms with Crippen LogP contribution in [-0.2, 0) is 0 Å². The molecule has 1 saturated heterocycles. The molecule has 162 valence electrons. The minimum atomic E-state index is -0.338. The summed E-state index contributed by atoms with van der Waals surface area (Å²) >= 11 is 0. The van der Waals surface area contributed by atoms with Crippen molar-refractivity contribution in [1.29, 1.82) is 0 Å². The average Bonchev–Trinajstić information content (AvgIpc) is 3.19. The van der Waals surface area contributed by atoms with E-state index in [-0.39, 0.29) is 29.8 Å². The number of fused-ring (bicyclic) bond motifs is 3. The van der Waals surface area contributed by atoms with E-state index in [0.717, 1.165) is 37.2 Å². The molecule has 31 heavy (non-hydrogen) atoms. The molecule has 3 heterocycles. The minimum absolute atomic E-state index is 0.122. The van der Waals surface area contributed by atoms with Crippen molar-refractivity contribution in [3.05, 3.63) is 65.5 Å². The molecule has 0 unspecified atom stereocenters. The normalized spacial score (nSPS) is 23.6. The quantitative estimate of drug-likeness (QED) is 0.741. The molecule has 2 aromatic rings. The number of benzene rings is 2. The van der Waals surface area contributed by atoms with Gasteiger partial charge in [0.05, 0.1) is 24.3 Å². The summed E-state index contributed by atoms with van der Waals surface area (Å²) in [5.74, 6) is 0.128. The number of ether oxygens (including phenoxy) is 1. The molecule has 7 heteroatoms. The summed E-state index contributed by atoms with van der Waals surface area (Å²) in [5.41, 5.74) is 2.36. The number of hydrogen-bond donors (Lipinski definition) is 0. The Morgan fingerprint density at radius 2 is 1.90 bits per heavy atom. The zero-order chi connectivity index (χ0) is 21.5. The summed E-state index contributed by atoms with van der Waals surface area (Å²) in [4.78, 5) is 17.8. The molecule has 0 N–H and O–H groups in total. The van der Waals surface area contributed by atoms with Gasteiger partial charge in [0.15, 0.2) is 0 Å². The number of amides is 2. The van der Waals surface area contributed by atoms with Crippen molar-refractivity contribution in [1.82, 2.24) is 14.8 Å². The van der Waals surface area contributed by atoms with Crippen LogP contribution in [0.15, 0.2) is 53.6 Å². The Bertz CT molecular complexity index is 1000. The number of urea groups is 1. The maximum Gasteiger partial charge on any atom is 0.341 e. The number of carbonyl (C=O) groups excluding carboxylic acids is 1. The van der Waals surface area contributed by atoms with Crippen molar-refractivity contribution < 1.29 is 13.9 Å². The molecule has 2 aromatic carbocycles. The molecule has 3 aliphatic rings. The lowest BCUT2D eigenvalue weighted by atomic mass is 9.86. The zero-order valence-corrected chi connectivity index (χ0v) is 17.9. The molecule has 0 spiro atoms. The van der Waals surface area contributed by atoms with Gasteiger partial charge >= 0.3 is 6.03 Å². The Kier molecular flexibility index (Phi) is 5.14. The highest BCUT2D eigenvalue weighted by atomic mass is 19.1. The first kappa shape index (κ1) is 20.0. The largest absolute Gasteiger partial charge is 0.492 e. The third-order valence-electron chi connectivity index (χ3n) is 6.72. The summed E-state index contributed by atoms with van der Waals surface area (Å²) in [6.45, 7) is 2.35. The van der Waals surface area contributed by atoms with Gasteiger partial charge in [-0.3, -0.25) is 0 Å². The molecule has 2 atom stereocenters. The smallest absolute Gasteiger partial charge is 0.341 e. The number of rotatable bonds is 2. The standard InChI is InChI=1S/C24H27FN4O2/c1-27-12-10-18(11-13-27)28(2)24(30)29-23(16-6-4-3-5-7-16)20-15-31-21-9-8-17(25)14-19(21)22(20)26-29/h3-9,14,18,20,23H,10-13,15H2,1-2H3/t20-,23-/m1/s1. The van der Waals surface area contributed by atoms with Gasteiger partial charge in [0.25, 0.3) is 0 Å². The number of halogens is 1. The van der Waals surface area contributed by atoms with E-state index in [1.165, 1.54) is 12.1 Å². The monoisotopic (exact) mass is 422 g/mol. The predicted molar refractivity (Wildman–Crippen MR) is 117 cm³/mol. The Morgan fingerprint density at radius 3 is 2.65 bits per heavy atom. The molecule has 0 aliphatic carbocycles. The SMILES string of the molecule is CN1CCC(N(C)C(=O)N2N=C3c4cc(F)ccc4OC[C@H]3[C@H]2c2ccccc2)CC1. The number of hydrazone groups is 1. The van der Waals surface area contributed by atoms with Gasteiger partial charge in [-0.05, 0) is 56.7 Å². The van der Waals surface area contributed by atoms with Crippen LogP contribution >= 0.6 is 0 Å².